The smallest absolute Gasteiger partial charge is 0.335 e. The van der Waals surface area contributed by atoms with E-state index in [1.807, 2.05) is 29.6 Å². The van der Waals surface area contributed by atoms with Crippen molar-refractivity contribution >= 4 is 45.6 Å². The van der Waals surface area contributed by atoms with E-state index in [0.29, 0.717) is 10.6 Å². The molecular weight excluding hydrogens is 456 g/mol. The highest BCUT2D eigenvalue weighted by atomic mass is 32.1. The summed E-state index contributed by atoms with van der Waals surface area (Å²) in [5.74, 6) is -2.35. The summed E-state index contributed by atoms with van der Waals surface area (Å²) >= 11 is 1.35. The molecule has 1 atom stereocenters. The molecule has 34 heavy (non-hydrogen) atoms. The Hall–Kier alpha value is -3.76. The maximum atomic E-state index is 13.6. The number of thiophene rings is 1. The molecule has 1 aromatic carbocycles. The fourth-order valence-electron chi connectivity index (χ4n) is 4.06. The van der Waals surface area contributed by atoms with Crippen LogP contribution in [0.15, 0.2) is 65.4 Å². The van der Waals surface area contributed by atoms with Crippen molar-refractivity contribution in [2.75, 3.05) is 25.0 Å². The number of carboxylic acid groups (broad SMARTS) is 1. The summed E-state index contributed by atoms with van der Waals surface area (Å²) in [5, 5.41) is 19.7. The monoisotopic (exact) mass is 480 g/mol. The van der Waals surface area contributed by atoms with Crippen LogP contribution in [-0.2, 0) is 19.1 Å². The molecule has 1 aliphatic rings. The van der Waals surface area contributed by atoms with Crippen LogP contribution in [0.4, 0.5) is 5.69 Å². The van der Waals surface area contributed by atoms with Crippen molar-refractivity contribution in [3.63, 3.8) is 0 Å². The number of anilines is 1. The summed E-state index contributed by atoms with van der Waals surface area (Å²) in [6.07, 6.45) is 3.26. The summed E-state index contributed by atoms with van der Waals surface area (Å²) in [7, 11) is 0. The zero-order valence-corrected chi connectivity index (χ0v) is 19.5. The number of nitrogens with one attached hydrogen (secondary N) is 1. The predicted molar refractivity (Wildman–Crippen MR) is 128 cm³/mol. The van der Waals surface area contributed by atoms with Gasteiger partial charge in [-0.2, -0.15) is 5.01 Å². The largest absolute Gasteiger partial charge is 0.478 e. The van der Waals surface area contributed by atoms with Crippen LogP contribution in [0.25, 0.3) is 10.8 Å². The first kappa shape index (κ1) is 23.4. The van der Waals surface area contributed by atoms with Gasteiger partial charge in [0.05, 0.1) is 30.1 Å². The Kier molecular flexibility index (Phi) is 6.90. The minimum absolute atomic E-state index is 0.0639. The van der Waals surface area contributed by atoms with Gasteiger partial charge in [0.25, 0.3) is 5.91 Å². The Labute approximate surface area is 200 Å². The van der Waals surface area contributed by atoms with Crippen molar-refractivity contribution < 1.29 is 24.2 Å². The lowest BCUT2D eigenvalue weighted by molar-refractivity contribution is -0.164. The first-order valence-electron chi connectivity index (χ1n) is 10.8. The van der Waals surface area contributed by atoms with Gasteiger partial charge in [-0.3, -0.25) is 19.6 Å². The number of aromatic nitrogens is 1. The molecular formula is C24H24N4O5S. The summed E-state index contributed by atoms with van der Waals surface area (Å²) in [4.78, 5) is 43.5. The second-order valence-electron chi connectivity index (χ2n) is 7.47. The molecule has 0 aliphatic carbocycles. The number of hydrogen-bond donors (Lipinski definition) is 2. The minimum Gasteiger partial charge on any atom is -0.478 e. The van der Waals surface area contributed by atoms with Crippen molar-refractivity contribution in [2.45, 2.75) is 19.9 Å². The highest BCUT2D eigenvalue weighted by Gasteiger charge is 2.44. The Morgan fingerprint density at radius 2 is 1.97 bits per heavy atom. The number of rotatable bonds is 8. The third kappa shape index (κ3) is 4.37. The lowest BCUT2D eigenvalue weighted by Crippen LogP contribution is -2.56. The van der Waals surface area contributed by atoms with Gasteiger partial charge in [0.2, 0.25) is 0 Å². The third-order valence-corrected chi connectivity index (χ3v) is 6.39. The summed E-state index contributed by atoms with van der Waals surface area (Å²) in [5.41, 5.74) is 0.306. The molecule has 4 rings (SSSR count). The fourth-order valence-corrected chi connectivity index (χ4v) is 4.90. The van der Waals surface area contributed by atoms with Crippen molar-refractivity contribution in [1.82, 2.24) is 15.0 Å². The van der Waals surface area contributed by atoms with Crippen LogP contribution in [0.2, 0.25) is 0 Å². The highest BCUT2D eigenvalue weighted by molar-refractivity contribution is 7.10. The van der Waals surface area contributed by atoms with E-state index in [-0.39, 0.29) is 31.0 Å². The molecule has 0 saturated carbocycles. The van der Waals surface area contributed by atoms with Crippen molar-refractivity contribution in [3.8, 4) is 0 Å². The lowest BCUT2D eigenvalue weighted by atomic mass is 9.98. The van der Waals surface area contributed by atoms with Crippen LogP contribution >= 0.6 is 11.3 Å². The van der Waals surface area contributed by atoms with Gasteiger partial charge in [-0.15, -0.1) is 11.3 Å². The molecule has 3 heterocycles. The van der Waals surface area contributed by atoms with E-state index in [2.05, 4.69) is 10.3 Å². The Balaban J connectivity index is 1.89. The number of fused-ring (bicyclic) bond motifs is 1. The number of carboxylic acids is 1. The molecule has 176 valence electrons. The van der Waals surface area contributed by atoms with E-state index < -0.39 is 23.9 Å². The van der Waals surface area contributed by atoms with Crippen LogP contribution in [0.3, 0.4) is 0 Å². The molecule has 0 fully saturated rings. The number of benzene rings is 1. The SMILES string of the molecule is CCOC(=O)CN1C(c2cccs2)C(C(=O)O)=C(Nc2cncc3ccccc23)C(=O)N1CC. The van der Waals surface area contributed by atoms with Gasteiger partial charge in [0.15, 0.2) is 0 Å². The van der Waals surface area contributed by atoms with Gasteiger partial charge in [-0.1, -0.05) is 30.3 Å². The Bertz CT molecular complexity index is 1250. The second-order valence-corrected chi connectivity index (χ2v) is 8.45. The van der Waals surface area contributed by atoms with Crippen molar-refractivity contribution in [2.24, 2.45) is 0 Å². The normalized spacial score (nSPS) is 16.7. The molecule has 3 aromatic rings. The number of ether oxygens (including phenoxy) is 1. The van der Waals surface area contributed by atoms with Gasteiger partial charge >= 0.3 is 11.9 Å². The number of hydrazine groups is 1. The summed E-state index contributed by atoms with van der Waals surface area (Å²) in [6.45, 7) is 3.60. The van der Waals surface area contributed by atoms with Crippen molar-refractivity contribution in [1.29, 1.82) is 0 Å². The van der Waals surface area contributed by atoms with E-state index >= 15 is 0 Å². The highest BCUT2D eigenvalue weighted by Crippen LogP contribution is 2.39. The number of amides is 1. The molecule has 9 nitrogen and oxygen atoms in total. The Morgan fingerprint density at radius 1 is 1.18 bits per heavy atom. The summed E-state index contributed by atoms with van der Waals surface area (Å²) < 4.78 is 5.10. The van der Waals surface area contributed by atoms with E-state index in [1.54, 1.807) is 38.4 Å². The van der Waals surface area contributed by atoms with Crippen LogP contribution in [-0.4, -0.2) is 57.7 Å². The average molecular weight is 481 g/mol. The molecule has 0 spiro atoms. The van der Waals surface area contributed by atoms with Gasteiger partial charge in [-0.25, -0.2) is 4.79 Å². The van der Waals surface area contributed by atoms with E-state index in [9.17, 15) is 19.5 Å². The average Bonchev–Trinajstić information content (AvgIpc) is 3.35. The maximum absolute atomic E-state index is 13.6. The Morgan fingerprint density at radius 3 is 2.65 bits per heavy atom. The zero-order valence-electron chi connectivity index (χ0n) is 18.7. The number of carbonyl (C=O) groups is 3. The van der Waals surface area contributed by atoms with E-state index in [1.165, 1.54) is 21.4 Å². The number of esters is 1. The number of pyridine rings is 1. The van der Waals surface area contributed by atoms with Gasteiger partial charge in [0.1, 0.15) is 12.2 Å². The van der Waals surface area contributed by atoms with Gasteiger partial charge in [0, 0.05) is 28.4 Å². The standard InChI is InChI=1S/C24H24N4O5S/c1-3-27-23(30)21(26-17-13-25-12-15-8-5-6-9-16(15)17)20(24(31)32)22(18-10-7-11-34-18)28(27)14-19(29)33-4-2/h5-13,22,26H,3-4,14H2,1-2H3,(H,31,32). The molecule has 10 heteroatoms. The quantitative estimate of drug-likeness (QED) is 0.472. The minimum atomic E-state index is -1.26. The van der Waals surface area contributed by atoms with E-state index in [0.717, 1.165) is 10.8 Å². The number of carbonyl (C=O) groups excluding carboxylic acids is 2. The van der Waals surface area contributed by atoms with E-state index in [4.69, 9.17) is 4.74 Å². The van der Waals surface area contributed by atoms with Crippen LogP contribution in [0.5, 0.6) is 0 Å². The zero-order chi connectivity index (χ0) is 24.2. The van der Waals surface area contributed by atoms with Crippen LogP contribution in [0.1, 0.15) is 24.8 Å². The van der Waals surface area contributed by atoms with Crippen LogP contribution in [0, 0.1) is 0 Å². The molecule has 2 N–H and O–H groups in total. The second kappa shape index (κ2) is 10.0. The number of aliphatic carboxylic acids is 1. The topological polar surface area (TPSA) is 112 Å². The molecule has 0 saturated heterocycles. The third-order valence-electron chi connectivity index (χ3n) is 5.47. The number of likely N-dealkylation sites (N-methyl/N-ethyl adjacent to an activating group) is 1. The molecule has 1 unspecified atom stereocenters. The molecule has 0 radical (unpaired) electrons. The number of nitrogens with zero attached hydrogens (tertiary/aromatic N) is 3. The maximum Gasteiger partial charge on any atom is 0.335 e. The predicted octanol–water partition coefficient (Wildman–Crippen LogP) is 3.43. The fraction of sp³-hybridized carbons (Fsp3) is 0.250. The first-order valence-corrected chi connectivity index (χ1v) is 11.7. The summed E-state index contributed by atoms with van der Waals surface area (Å²) in [6, 6.07) is 10.2. The molecule has 0 bridgehead atoms. The molecule has 2 aromatic heterocycles. The molecule has 1 amide bonds. The van der Waals surface area contributed by atoms with Gasteiger partial charge < -0.3 is 15.2 Å². The van der Waals surface area contributed by atoms with Crippen LogP contribution < -0.4 is 5.32 Å². The first-order chi connectivity index (χ1) is 16.5. The van der Waals surface area contributed by atoms with Gasteiger partial charge in [-0.05, 0) is 25.3 Å². The number of hydrogen-bond acceptors (Lipinski definition) is 8. The lowest BCUT2D eigenvalue weighted by Gasteiger charge is -2.43. The molecule has 1 aliphatic heterocycles. The van der Waals surface area contributed by atoms with Crippen molar-refractivity contribution in [3.05, 3.63) is 70.3 Å².